The van der Waals surface area contributed by atoms with Gasteiger partial charge in [-0.15, -0.1) is 0 Å². The number of alkyl halides is 3. The molecule has 3 aromatic rings. The third kappa shape index (κ3) is 3.94. The maximum Gasteiger partial charge on any atom is 0.416 e. The number of carbonyl (C=O) groups is 2. The first kappa shape index (κ1) is 21.5. The zero-order chi connectivity index (χ0) is 23.0. The molecule has 0 radical (unpaired) electrons. The molecule has 0 aliphatic carbocycles. The van der Waals surface area contributed by atoms with Gasteiger partial charge in [0.1, 0.15) is 5.69 Å². The lowest BCUT2D eigenvalue weighted by Crippen LogP contribution is -2.43. The second kappa shape index (κ2) is 8.08. The fraction of sp³-hybridized carbons (Fsp3) is 0.238. The quantitative estimate of drug-likeness (QED) is 0.642. The highest BCUT2D eigenvalue weighted by Crippen LogP contribution is 2.33. The number of nitrogens with one attached hydrogen (secondary N) is 1. The molecule has 2 amide bonds. The van der Waals surface area contributed by atoms with Gasteiger partial charge in [-0.3, -0.25) is 19.3 Å². The number of anilines is 2. The van der Waals surface area contributed by atoms with Crippen molar-refractivity contribution in [2.24, 2.45) is 0 Å². The number of rotatable bonds is 4. The van der Waals surface area contributed by atoms with Gasteiger partial charge in [-0.1, -0.05) is 0 Å². The predicted molar refractivity (Wildman–Crippen MR) is 108 cm³/mol. The van der Waals surface area contributed by atoms with Gasteiger partial charge in [-0.25, -0.2) is 0 Å². The monoisotopic (exact) mass is 445 g/mol. The van der Waals surface area contributed by atoms with Crippen molar-refractivity contribution < 1.29 is 27.9 Å². The van der Waals surface area contributed by atoms with Gasteiger partial charge in [0.05, 0.1) is 35.7 Å². The molecule has 166 valence electrons. The van der Waals surface area contributed by atoms with Gasteiger partial charge in [-0.05, 0) is 43.3 Å². The summed E-state index contributed by atoms with van der Waals surface area (Å²) in [7, 11) is 0. The van der Waals surface area contributed by atoms with Gasteiger partial charge in [-0.2, -0.15) is 18.3 Å². The van der Waals surface area contributed by atoms with E-state index in [1.54, 1.807) is 6.92 Å². The van der Waals surface area contributed by atoms with Crippen LogP contribution in [-0.4, -0.2) is 38.2 Å². The summed E-state index contributed by atoms with van der Waals surface area (Å²) in [6.45, 7) is 1.67. The molecule has 4 rings (SSSR count). The van der Waals surface area contributed by atoms with E-state index >= 15 is 0 Å². The zero-order valence-electron chi connectivity index (χ0n) is 16.8. The Labute approximate surface area is 180 Å². The molecular weight excluding hydrogens is 427 g/mol. The van der Waals surface area contributed by atoms with Crippen molar-refractivity contribution in [3.05, 3.63) is 71.3 Å². The van der Waals surface area contributed by atoms with E-state index in [2.05, 4.69) is 15.4 Å². The minimum Gasteiger partial charge on any atom is -0.390 e. The van der Waals surface area contributed by atoms with Crippen LogP contribution in [0, 0.1) is 0 Å². The van der Waals surface area contributed by atoms with Crippen molar-refractivity contribution in [2.75, 3.05) is 16.8 Å². The van der Waals surface area contributed by atoms with Gasteiger partial charge >= 0.3 is 6.18 Å². The number of nitrogens with zero attached hydrogens (tertiary/aromatic N) is 4. The fourth-order valence-corrected chi connectivity index (χ4v) is 3.52. The van der Waals surface area contributed by atoms with Gasteiger partial charge < -0.3 is 15.3 Å². The molecule has 1 aliphatic rings. The molecular formula is C21H18F3N5O3. The van der Waals surface area contributed by atoms with E-state index in [4.69, 9.17) is 0 Å². The third-order valence-electron chi connectivity index (χ3n) is 5.09. The van der Waals surface area contributed by atoms with Crippen LogP contribution in [0.1, 0.15) is 45.1 Å². The number of pyridine rings is 1. The number of fused-ring (bicyclic) bond motifs is 1. The molecule has 2 aromatic heterocycles. The predicted octanol–water partition coefficient (Wildman–Crippen LogP) is 3.26. The largest absolute Gasteiger partial charge is 0.416 e. The first-order valence-electron chi connectivity index (χ1n) is 9.63. The molecule has 1 aromatic carbocycles. The van der Waals surface area contributed by atoms with Crippen molar-refractivity contribution in [3.8, 4) is 0 Å². The molecule has 8 nitrogen and oxygen atoms in total. The van der Waals surface area contributed by atoms with Gasteiger partial charge in [0.15, 0.2) is 0 Å². The summed E-state index contributed by atoms with van der Waals surface area (Å²) in [5.41, 5.74) is 0.278. The molecule has 11 heteroatoms. The molecule has 0 bridgehead atoms. The van der Waals surface area contributed by atoms with Crippen LogP contribution in [0.2, 0.25) is 0 Å². The number of halogens is 3. The average Bonchev–Trinajstić information content (AvgIpc) is 3.22. The number of benzene rings is 1. The van der Waals surface area contributed by atoms with Crippen LogP contribution in [-0.2, 0) is 12.8 Å². The van der Waals surface area contributed by atoms with Crippen molar-refractivity contribution in [2.45, 2.75) is 25.7 Å². The standard InChI is InChI=1S/C21H18F3N5O3/c1-12-10-28(16-4-2-13(3-5-16)21(22,23)24)20(32)18-17(9-26-29(12)18)19(31)27-14-6-7-25-15(8-14)11-30/h2-9,12,30H,10-11H2,1H3,(H,25,27,31)/t12-/m0/s1. The van der Waals surface area contributed by atoms with Crippen LogP contribution in [0.3, 0.4) is 0 Å². The van der Waals surface area contributed by atoms with Crippen LogP contribution >= 0.6 is 0 Å². The number of aliphatic hydroxyl groups is 1. The smallest absolute Gasteiger partial charge is 0.390 e. The number of amides is 2. The number of hydrogen-bond donors (Lipinski definition) is 2. The summed E-state index contributed by atoms with van der Waals surface area (Å²) in [5, 5.41) is 16.0. The molecule has 0 fully saturated rings. The van der Waals surface area contributed by atoms with Gasteiger partial charge in [0, 0.05) is 24.1 Å². The van der Waals surface area contributed by atoms with Crippen LogP contribution in [0.15, 0.2) is 48.8 Å². The minimum absolute atomic E-state index is 0.0285. The zero-order valence-corrected chi connectivity index (χ0v) is 16.8. The van der Waals surface area contributed by atoms with E-state index in [0.717, 1.165) is 12.1 Å². The second-order valence-electron chi connectivity index (χ2n) is 7.31. The van der Waals surface area contributed by atoms with Crippen molar-refractivity contribution >= 4 is 23.2 Å². The fourth-order valence-electron chi connectivity index (χ4n) is 3.52. The minimum atomic E-state index is -4.48. The lowest BCUT2D eigenvalue weighted by Gasteiger charge is -2.32. The van der Waals surface area contributed by atoms with E-state index in [0.29, 0.717) is 11.4 Å². The normalized spacial score (nSPS) is 16.1. The van der Waals surface area contributed by atoms with Crippen molar-refractivity contribution in [3.63, 3.8) is 0 Å². The van der Waals surface area contributed by atoms with E-state index in [-0.39, 0.29) is 36.1 Å². The summed E-state index contributed by atoms with van der Waals surface area (Å²) < 4.78 is 40.0. The molecule has 1 atom stereocenters. The summed E-state index contributed by atoms with van der Waals surface area (Å²) >= 11 is 0. The highest BCUT2D eigenvalue weighted by Gasteiger charge is 2.36. The van der Waals surface area contributed by atoms with Crippen LogP contribution in [0.25, 0.3) is 0 Å². The van der Waals surface area contributed by atoms with E-state index < -0.39 is 23.6 Å². The first-order valence-corrected chi connectivity index (χ1v) is 9.63. The number of carbonyl (C=O) groups excluding carboxylic acids is 2. The summed E-state index contributed by atoms with van der Waals surface area (Å²) in [6, 6.07) is 7.00. The molecule has 0 unspecified atom stereocenters. The van der Waals surface area contributed by atoms with E-state index in [9.17, 15) is 27.9 Å². The van der Waals surface area contributed by atoms with Crippen molar-refractivity contribution in [1.82, 2.24) is 14.8 Å². The maximum atomic E-state index is 13.2. The van der Waals surface area contributed by atoms with Gasteiger partial charge in [0.25, 0.3) is 11.8 Å². The average molecular weight is 445 g/mol. The Morgan fingerprint density at radius 3 is 2.62 bits per heavy atom. The SMILES string of the molecule is C[C@H]1CN(c2ccc(C(F)(F)F)cc2)C(=O)c2c(C(=O)Nc3ccnc(CO)c3)cnn21. The molecule has 2 N–H and O–H groups in total. The molecule has 1 aliphatic heterocycles. The molecule has 3 heterocycles. The van der Waals surface area contributed by atoms with Gasteiger partial charge in [0.2, 0.25) is 0 Å². The topological polar surface area (TPSA) is 100 Å². The Hall–Kier alpha value is -3.73. The van der Waals surface area contributed by atoms with E-state index in [1.807, 2.05) is 0 Å². The number of hydrogen-bond acceptors (Lipinski definition) is 5. The molecule has 0 saturated heterocycles. The Bertz CT molecular complexity index is 1170. The lowest BCUT2D eigenvalue weighted by atomic mass is 10.1. The molecule has 0 saturated carbocycles. The Balaban J connectivity index is 1.63. The van der Waals surface area contributed by atoms with Crippen LogP contribution in [0.4, 0.5) is 24.5 Å². The second-order valence-corrected chi connectivity index (χ2v) is 7.31. The Kier molecular flexibility index (Phi) is 5.43. The van der Waals surface area contributed by atoms with Crippen LogP contribution < -0.4 is 10.2 Å². The summed E-state index contributed by atoms with van der Waals surface area (Å²) in [5.74, 6) is -1.13. The third-order valence-corrected chi connectivity index (χ3v) is 5.09. The summed E-state index contributed by atoms with van der Waals surface area (Å²) in [6.07, 6.45) is -1.78. The Morgan fingerprint density at radius 1 is 1.25 bits per heavy atom. The molecule has 0 spiro atoms. The highest BCUT2D eigenvalue weighted by molar-refractivity contribution is 6.15. The number of aromatic nitrogens is 3. The first-order chi connectivity index (χ1) is 15.2. The highest BCUT2D eigenvalue weighted by atomic mass is 19.4. The number of aliphatic hydroxyl groups excluding tert-OH is 1. The van der Waals surface area contributed by atoms with Crippen LogP contribution in [0.5, 0.6) is 0 Å². The Morgan fingerprint density at radius 2 is 1.97 bits per heavy atom. The van der Waals surface area contributed by atoms with Crippen molar-refractivity contribution in [1.29, 1.82) is 0 Å². The summed E-state index contributed by atoms with van der Waals surface area (Å²) in [4.78, 5) is 31.3. The maximum absolute atomic E-state index is 13.2. The molecule has 32 heavy (non-hydrogen) atoms. The van der Waals surface area contributed by atoms with E-state index in [1.165, 1.54) is 46.2 Å². The lowest BCUT2D eigenvalue weighted by molar-refractivity contribution is -0.137.